The zero-order chi connectivity index (χ0) is 29.9. The number of carbonyl (C=O) groups is 2. The molecule has 0 amide bonds. The maximum Gasteiger partial charge on any atom is 0.333 e. The molecule has 3 aromatic carbocycles. The molecular formula is C32H35N3O6. The van der Waals surface area contributed by atoms with Crippen molar-refractivity contribution in [3.05, 3.63) is 123 Å². The quantitative estimate of drug-likeness (QED) is 0.222. The lowest BCUT2D eigenvalue weighted by molar-refractivity contribution is -0.384. The molecule has 0 aliphatic carbocycles. The van der Waals surface area contributed by atoms with Crippen LogP contribution in [-0.4, -0.2) is 50.1 Å². The Bertz CT molecular complexity index is 1420. The summed E-state index contributed by atoms with van der Waals surface area (Å²) in [6, 6.07) is 24.8. The second kappa shape index (κ2) is 11.9. The first-order valence-corrected chi connectivity index (χ1v) is 13.5. The summed E-state index contributed by atoms with van der Waals surface area (Å²) in [6.45, 7) is 5.48. The molecule has 9 nitrogen and oxygen atoms in total. The van der Waals surface area contributed by atoms with Gasteiger partial charge in [0.1, 0.15) is 0 Å². The number of nitrogens with two attached hydrogens (primary N) is 1. The number of rotatable bonds is 10. The van der Waals surface area contributed by atoms with Gasteiger partial charge in [-0.15, -0.1) is 0 Å². The SMILES string of the molecule is CC1=C(C(=O)O)C(c2cccc([N+](=O)[O-])c2)C(C(=O)O)C(C)(C(C)N)N1CCC(c1ccccc1)c1ccccc1. The van der Waals surface area contributed by atoms with Crippen molar-refractivity contribution in [2.75, 3.05) is 6.54 Å². The van der Waals surface area contributed by atoms with Gasteiger partial charge in [-0.3, -0.25) is 14.9 Å². The van der Waals surface area contributed by atoms with Crippen molar-refractivity contribution >= 4 is 17.6 Å². The first-order valence-electron chi connectivity index (χ1n) is 13.5. The number of allylic oxidation sites excluding steroid dienone is 1. The first-order chi connectivity index (χ1) is 19.5. The molecule has 0 bridgehead atoms. The predicted octanol–water partition coefficient (Wildman–Crippen LogP) is 5.38. The normalized spacial score (nSPS) is 21.5. The summed E-state index contributed by atoms with van der Waals surface area (Å²) in [5.41, 5.74) is 7.82. The lowest BCUT2D eigenvalue weighted by Crippen LogP contribution is -2.66. The van der Waals surface area contributed by atoms with Crippen LogP contribution >= 0.6 is 0 Å². The van der Waals surface area contributed by atoms with Crippen LogP contribution in [0.3, 0.4) is 0 Å². The van der Waals surface area contributed by atoms with Gasteiger partial charge in [0.15, 0.2) is 0 Å². The topological polar surface area (TPSA) is 147 Å². The summed E-state index contributed by atoms with van der Waals surface area (Å²) in [4.78, 5) is 38.6. The van der Waals surface area contributed by atoms with Crippen LogP contribution in [-0.2, 0) is 9.59 Å². The average Bonchev–Trinajstić information content (AvgIpc) is 2.95. The van der Waals surface area contributed by atoms with E-state index in [-0.39, 0.29) is 22.7 Å². The van der Waals surface area contributed by atoms with Crippen LogP contribution in [0.15, 0.2) is 96.2 Å². The van der Waals surface area contributed by atoms with Crippen LogP contribution < -0.4 is 5.73 Å². The van der Waals surface area contributed by atoms with Crippen LogP contribution in [0.4, 0.5) is 5.69 Å². The predicted molar refractivity (Wildman–Crippen MR) is 155 cm³/mol. The van der Waals surface area contributed by atoms with Gasteiger partial charge < -0.3 is 20.8 Å². The van der Waals surface area contributed by atoms with Crippen molar-refractivity contribution in [3.8, 4) is 0 Å². The molecule has 9 heteroatoms. The van der Waals surface area contributed by atoms with Gasteiger partial charge in [-0.25, -0.2) is 4.79 Å². The van der Waals surface area contributed by atoms with Crippen molar-refractivity contribution in [3.63, 3.8) is 0 Å². The monoisotopic (exact) mass is 557 g/mol. The fraction of sp³-hybridized carbons (Fsp3) is 0.312. The summed E-state index contributed by atoms with van der Waals surface area (Å²) in [5.74, 6) is -4.99. The highest BCUT2D eigenvalue weighted by Crippen LogP contribution is 2.50. The summed E-state index contributed by atoms with van der Waals surface area (Å²) < 4.78 is 0. The van der Waals surface area contributed by atoms with Crippen LogP contribution in [0, 0.1) is 16.0 Å². The molecular weight excluding hydrogens is 522 g/mol. The lowest BCUT2D eigenvalue weighted by Gasteiger charge is -2.55. The van der Waals surface area contributed by atoms with Crippen LogP contribution in [0.25, 0.3) is 0 Å². The van der Waals surface area contributed by atoms with Crippen molar-refractivity contribution in [1.82, 2.24) is 4.90 Å². The first kappa shape index (κ1) is 29.5. The Morgan fingerprint density at radius 2 is 1.56 bits per heavy atom. The highest BCUT2D eigenvalue weighted by Gasteiger charge is 2.56. The maximum absolute atomic E-state index is 13.0. The number of hydrogen-bond donors (Lipinski definition) is 3. The van der Waals surface area contributed by atoms with E-state index in [1.807, 2.05) is 65.6 Å². The van der Waals surface area contributed by atoms with Crippen LogP contribution in [0.5, 0.6) is 0 Å². The number of nitrogens with zero attached hydrogens (tertiary/aromatic N) is 2. The molecule has 0 aromatic heterocycles. The van der Waals surface area contributed by atoms with E-state index in [0.717, 1.165) is 11.1 Å². The van der Waals surface area contributed by atoms with Crippen LogP contribution in [0.2, 0.25) is 0 Å². The third-order valence-electron chi connectivity index (χ3n) is 8.55. The molecule has 0 saturated carbocycles. The molecule has 1 aliphatic rings. The summed E-state index contributed by atoms with van der Waals surface area (Å²) in [5, 5.41) is 32.6. The van der Waals surface area contributed by atoms with Crippen molar-refractivity contribution in [2.24, 2.45) is 11.7 Å². The number of nitro groups is 1. The number of nitro benzene ring substituents is 1. The van der Waals surface area contributed by atoms with Crippen molar-refractivity contribution in [1.29, 1.82) is 0 Å². The minimum Gasteiger partial charge on any atom is -0.481 e. The molecule has 4 N–H and O–H groups in total. The number of carboxylic acids is 2. The summed E-state index contributed by atoms with van der Waals surface area (Å²) in [7, 11) is 0. The molecule has 1 heterocycles. The second-order valence-corrected chi connectivity index (χ2v) is 10.8. The fourth-order valence-corrected chi connectivity index (χ4v) is 6.37. The molecule has 0 spiro atoms. The molecule has 1 aliphatic heterocycles. The molecule has 214 valence electrons. The molecule has 41 heavy (non-hydrogen) atoms. The molecule has 4 unspecified atom stereocenters. The number of aliphatic carboxylic acids is 2. The fourth-order valence-electron chi connectivity index (χ4n) is 6.37. The number of benzene rings is 3. The standard InChI is InChI=1S/C32H35N3O6/c1-20-27(30(36)37)28(24-15-10-16-25(19-24)35(40)41)29(31(38)39)32(3,21(2)33)34(20)18-17-26(22-11-6-4-7-12-22)23-13-8-5-9-14-23/h4-16,19,21,26,28-29H,17-18,33H2,1-3H3,(H,36,37)(H,38,39). The van der Waals surface area contributed by atoms with E-state index in [1.165, 1.54) is 18.2 Å². The Balaban J connectivity index is 1.88. The van der Waals surface area contributed by atoms with Gasteiger partial charge in [-0.2, -0.15) is 0 Å². The zero-order valence-electron chi connectivity index (χ0n) is 23.3. The second-order valence-electron chi connectivity index (χ2n) is 10.8. The number of carboxylic acid groups (broad SMARTS) is 2. The largest absolute Gasteiger partial charge is 0.481 e. The Morgan fingerprint density at radius 3 is 2.02 bits per heavy atom. The van der Waals surface area contributed by atoms with E-state index in [9.17, 15) is 29.9 Å². The van der Waals surface area contributed by atoms with Gasteiger partial charge in [-0.05, 0) is 43.9 Å². The Labute approximate surface area is 239 Å². The van der Waals surface area contributed by atoms with E-state index in [0.29, 0.717) is 18.7 Å². The summed E-state index contributed by atoms with van der Waals surface area (Å²) in [6.07, 6.45) is 0.564. The van der Waals surface area contributed by atoms with Gasteiger partial charge >= 0.3 is 11.9 Å². The van der Waals surface area contributed by atoms with E-state index in [2.05, 4.69) is 0 Å². The van der Waals surface area contributed by atoms with Gasteiger partial charge in [-0.1, -0.05) is 72.8 Å². The minimum atomic E-state index is -1.30. The summed E-state index contributed by atoms with van der Waals surface area (Å²) >= 11 is 0. The zero-order valence-corrected chi connectivity index (χ0v) is 23.3. The third kappa shape index (κ3) is 5.58. The molecule has 4 atom stereocenters. The highest BCUT2D eigenvalue weighted by atomic mass is 16.6. The Morgan fingerprint density at radius 1 is 1.00 bits per heavy atom. The average molecular weight is 558 g/mol. The molecule has 3 aromatic rings. The van der Waals surface area contributed by atoms with Gasteiger partial charge in [0.05, 0.1) is 22.0 Å². The molecule has 0 saturated heterocycles. The highest BCUT2D eigenvalue weighted by molar-refractivity contribution is 5.92. The lowest BCUT2D eigenvalue weighted by atomic mass is 9.64. The minimum absolute atomic E-state index is 0.0337. The van der Waals surface area contributed by atoms with E-state index >= 15 is 0 Å². The molecule has 0 fully saturated rings. The Kier molecular flexibility index (Phi) is 8.58. The number of non-ortho nitro benzene ring substituents is 1. The van der Waals surface area contributed by atoms with Crippen molar-refractivity contribution < 1.29 is 24.7 Å². The number of hydrogen-bond acceptors (Lipinski definition) is 6. The van der Waals surface area contributed by atoms with E-state index < -0.39 is 40.3 Å². The van der Waals surface area contributed by atoms with E-state index in [4.69, 9.17) is 5.73 Å². The Hall–Kier alpha value is -4.50. The van der Waals surface area contributed by atoms with E-state index in [1.54, 1.807) is 26.8 Å². The van der Waals surface area contributed by atoms with Gasteiger partial charge in [0.2, 0.25) is 0 Å². The van der Waals surface area contributed by atoms with Gasteiger partial charge in [0.25, 0.3) is 5.69 Å². The smallest absolute Gasteiger partial charge is 0.333 e. The third-order valence-corrected chi connectivity index (χ3v) is 8.55. The van der Waals surface area contributed by atoms with Crippen molar-refractivity contribution in [2.45, 2.75) is 50.6 Å². The van der Waals surface area contributed by atoms with Gasteiger partial charge in [0, 0.05) is 42.3 Å². The van der Waals surface area contributed by atoms with Crippen LogP contribution in [0.1, 0.15) is 55.7 Å². The maximum atomic E-state index is 13.0. The molecule has 0 radical (unpaired) electrons. The molecule has 4 rings (SSSR count).